The highest BCUT2D eigenvalue weighted by Gasteiger charge is 2.25. The van der Waals surface area contributed by atoms with Crippen LogP contribution in [0.1, 0.15) is 23.7 Å². The van der Waals surface area contributed by atoms with Crippen molar-refractivity contribution in [2.75, 3.05) is 14.2 Å². The summed E-state index contributed by atoms with van der Waals surface area (Å²) in [7, 11) is 3.36. The molecule has 1 heterocycles. The maximum atomic E-state index is 6.18. The average molecular weight is 270 g/mol. The van der Waals surface area contributed by atoms with Gasteiger partial charge in [-0.3, -0.25) is 0 Å². The van der Waals surface area contributed by atoms with Crippen molar-refractivity contribution in [1.82, 2.24) is 0 Å². The largest absolute Gasteiger partial charge is 0.496 e. The van der Waals surface area contributed by atoms with E-state index in [4.69, 9.17) is 14.2 Å². The molecule has 0 spiro atoms. The summed E-state index contributed by atoms with van der Waals surface area (Å²) >= 11 is 0. The fourth-order valence-corrected chi connectivity index (χ4v) is 2.69. The van der Waals surface area contributed by atoms with Gasteiger partial charge in [-0.1, -0.05) is 30.3 Å². The molecule has 1 aliphatic heterocycles. The Bertz CT molecular complexity index is 593. The molecule has 0 amide bonds. The molecular formula is C17H18O3. The molecule has 2 aromatic rings. The summed E-state index contributed by atoms with van der Waals surface area (Å²) in [6, 6.07) is 14.0. The molecule has 1 atom stereocenters. The Morgan fingerprint density at radius 3 is 2.50 bits per heavy atom. The summed E-state index contributed by atoms with van der Waals surface area (Å²) in [5, 5.41) is 0. The minimum atomic E-state index is 0.00921. The van der Waals surface area contributed by atoms with Crippen molar-refractivity contribution in [2.24, 2.45) is 0 Å². The molecule has 3 nitrogen and oxygen atoms in total. The highest BCUT2D eigenvalue weighted by molar-refractivity contribution is 5.49. The quantitative estimate of drug-likeness (QED) is 0.849. The van der Waals surface area contributed by atoms with Gasteiger partial charge in [0, 0.05) is 5.56 Å². The number of rotatable bonds is 3. The van der Waals surface area contributed by atoms with Crippen LogP contribution in [0.3, 0.4) is 0 Å². The minimum Gasteiger partial charge on any atom is -0.496 e. The van der Waals surface area contributed by atoms with Crippen LogP contribution in [0.15, 0.2) is 42.5 Å². The molecule has 0 saturated heterocycles. The van der Waals surface area contributed by atoms with E-state index in [1.165, 1.54) is 5.56 Å². The van der Waals surface area contributed by atoms with Gasteiger partial charge in [0.05, 0.1) is 14.2 Å². The van der Waals surface area contributed by atoms with Crippen molar-refractivity contribution < 1.29 is 14.2 Å². The Morgan fingerprint density at radius 2 is 1.70 bits per heavy atom. The number of hydrogen-bond acceptors (Lipinski definition) is 3. The lowest BCUT2D eigenvalue weighted by Gasteiger charge is -2.28. The van der Waals surface area contributed by atoms with Gasteiger partial charge in [-0.05, 0) is 30.5 Å². The third-order valence-electron chi connectivity index (χ3n) is 3.70. The Kier molecular flexibility index (Phi) is 3.50. The van der Waals surface area contributed by atoms with Gasteiger partial charge >= 0.3 is 0 Å². The van der Waals surface area contributed by atoms with Crippen molar-refractivity contribution in [3.8, 4) is 17.2 Å². The lowest BCUT2D eigenvalue weighted by atomic mass is 9.96. The van der Waals surface area contributed by atoms with Crippen LogP contribution in [-0.4, -0.2) is 14.2 Å². The molecule has 3 heteroatoms. The zero-order valence-electron chi connectivity index (χ0n) is 11.8. The lowest BCUT2D eigenvalue weighted by Crippen LogP contribution is -2.16. The van der Waals surface area contributed by atoms with Crippen molar-refractivity contribution >= 4 is 0 Å². The molecule has 104 valence electrons. The maximum Gasteiger partial charge on any atom is 0.165 e. The predicted octanol–water partition coefficient (Wildman–Crippen LogP) is 3.77. The fourth-order valence-electron chi connectivity index (χ4n) is 2.69. The SMILES string of the molecule is COc1ccccc1C1CCc2cccc(OC)c2O1. The number of para-hydroxylation sites is 2. The van der Waals surface area contributed by atoms with Crippen LogP contribution in [0.2, 0.25) is 0 Å². The van der Waals surface area contributed by atoms with Crippen LogP contribution in [0, 0.1) is 0 Å². The molecule has 1 unspecified atom stereocenters. The second kappa shape index (κ2) is 5.45. The van der Waals surface area contributed by atoms with E-state index in [1.807, 2.05) is 30.3 Å². The van der Waals surface area contributed by atoms with E-state index in [2.05, 4.69) is 12.1 Å². The van der Waals surface area contributed by atoms with Gasteiger partial charge in [-0.2, -0.15) is 0 Å². The molecule has 3 rings (SSSR count). The van der Waals surface area contributed by atoms with Gasteiger partial charge in [0.25, 0.3) is 0 Å². The zero-order valence-corrected chi connectivity index (χ0v) is 11.8. The topological polar surface area (TPSA) is 27.7 Å². The Labute approximate surface area is 119 Å². The third-order valence-corrected chi connectivity index (χ3v) is 3.70. The molecule has 0 aromatic heterocycles. The van der Waals surface area contributed by atoms with Gasteiger partial charge < -0.3 is 14.2 Å². The first kappa shape index (κ1) is 12.9. The van der Waals surface area contributed by atoms with Crippen LogP contribution in [0.5, 0.6) is 17.2 Å². The van der Waals surface area contributed by atoms with E-state index in [0.717, 1.165) is 35.7 Å². The normalized spacial score (nSPS) is 17.0. The summed E-state index contributed by atoms with van der Waals surface area (Å²) in [6.45, 7) is 0. The van der Waals surface area contributed by atoms with E-state index in [-0.39, 0.29) is 6.10 Å². The average Bonchev–Trinajstić information content (AvgIpc) is 2.53. The number of ether oxygens (including phenoxy) is 3. The number of benzene rings is 2. The predicted molar refractivity (Wildman–Crippen MR) is 77.7 cm³/mol. The van der Waals surface area contributed by atoms with Crippen molar-refractivity contribution in [3.05, 3.63) is 53.6 Å². The molecule has 2 aromatic carbocycles. The van der Waals surface area contributed by atoms with E-state index < -0.39 is 0 Å². The van der Waals surface area contributed by atoms with Gasteiger partial charge in [-0.15, -0.1) is 0 Å². The monoisotopic (exact) mass is 270 g/mol. The van der Waals surface area contributed by atoms with Crippen LogP contribution in [-0.2, 0) is 6.42 Å². The van der Waals surface area contributed by atoms with E-state index in [9.17, 15) is 0 Å². The Balaban J connectivity index is 1.95. The molecule has 0 aliphatic carbocycles. The van der Waals surface area contributed by atoms with Crippen molar-refractivity contribution in [1.29, 1.82) is 0 Å². The van der Waals surface area contributed by atoms with Gasteiger partial charge in [0.15, 0.2) is 11.5 Å². The highest BCUT2D eigenvalue weighted by atomic mass is 16.5. The van der Waals surface area contributed by atoms with E-state index in [1.54, 1.807) is 14.2 Å². The van der Waals surface area contributed by atoms with Crippen molar-refractivity contribution in [3.63, 3.8) is 0 Å². The van der Waals surface area contributed by atoms with Crippen LogP contribution in [0.4, 0.5) is 0 Å². The number of hydrogen-bond donors (Lipinski definition) is 0. The molecule has 1 aliphatic rings. The van der Waals surface area contributed by atoms with Gasteiger partial charge in [0.2, 0.25) is 0 Å². The van der Waals surface area contributed by atoms with Gasteiger partial charge in [-0.25, -0.2) is 0 Å². The molecular weight excluding hydrogens is 252 g/mol. The zero-order chi connectivity index (χ0) is 13.9. The summed E-state index contributed by atoms with van der Waals surface area (Å²) in [4.78, 5) is 0. The summed E-state index contributed by atoms with van der Waals surface area (Å²) < 4.78 is 17.0. The van der Waals surface area contributed by atoms with E-state index >= 15 is 0 Å². The van der Waals surface area contributed by atoms with Crippen LogP contribution in [0.25, 0.3) is 0 Å². The highest BCUT2D eigenvalue weighted by Crippen LogP contribution is 2.42. The molecule has 0 N–H and O–H groups in total. The Hall–Kier alpha value is -2.16. The van der Waals surface area contributed by atoms with Crippen molar-refractivity contribution in [2.45, 2.75) is 18.9 Å². The first-order valence-electron chi connectivity index (χ1n) is 6.79. The smallest absolute Gasteiger partial charge is 0.165 e. The molecule has 0 radical (unpaired) electrons. The lowest BCUT2D eigenvalue weighted by molar-refractivity contribution is 0.165. The fraction of sp³-hybridized carbons (Fsp3) is 0.294. The van der Waals surface area contributed by atoms with Gasteiger partial charge in [0.1, 0.15) is 11.9 Å². The second-order valence-corrected chi connectivity index (χ2v) is 4.84. The standard InChI is InChI=1S/C17H18O3/c1-18-14-8-4-3-7-13(14)15-11-10-12-6-5-9-16(19-2)17(12)20-15/h3-9,15H,10-11H2,1-2H3. The van der Waals surface area contributed by atoms with E-state index in [0.29, 0.717) is 0 Å². The third kappa shape index (κ3) is 2.20. The molecule has 0 fully saturated rings. The molecule has 0 saturated carbocycles. The van der Waals surface area contributed by atoms with Crippen LogP contribution >= 0.6 is 0 Å². The number of aryl methyl sites for hydroxylation is 1. The molecule has 0 bridgehead atoms. The summed E-state index contributed by atoms with van der Waals surface area (Å²) in [6.07, 6.45) is 1.94. The first-order chi connectivity index (χ1) is 9.83. The summed E-state index contributed by atoms with van der Waals surface area (Å²) in [5.74, 6) is 2.52. The van der Waals surface area contributed by atoms with Crippen LogP contribution < -0.4 is 14.2 Å². The second-order valence-electron chi connectivity index (χ2n) is 4.84. The molecule has 20 heavy (non-hydrogen) atoms. The maximum absolute atomic E-state index is 6.18. The number of fused-ring (bicyclic) bond motifs is 1. The summed E-state index contributed by atoms with van der Waals surface area (Å²) in [5.41, 5.74) is 2.29. The first-order valence-corrected chi connectivity index (χ1v) is 6.79. The minimum absolute atomic E-state index is 0.00921. The number of methoxy groups -OCH3 is 2. The Morgan fingerprint density at radius 1 is 0.950 bits per heavy atom.